The molecule has 4 rings (SSSR count). The number of anilines is 1. The molecule has 0 aromatic heterocycles. The molecule has 2 atom stereocenters. The molecule has 24 heavy (non-hydrogen) atoms. The van der Waals surface area contributed by atoms with E-state index >= 15 is 0 Å². The van der Waals surface area contributed by atoms with Gasteiger partial charge in [-0.2, -0.15) is 0 Å². The summed E-state index contributed by atoms with van der Waals surface area (Å²) in [7, 11) is 1.70. The summed E-state index contributed by atoms with van der Waals surface area (Å²) in [6.07, 6.45) is 1.11. The summed E-state index contributed by atoms with van der Waals surface area (Å²) in [6.45, 7) is 5.35. The van der Waals surface area contributed by atoms with Crippen LogP contribution in [-0.2, 0) is 4.79 Å². The number of likely N-dealkylation sites (N-methyl/N-ethyl adjacent to an activating group) is 1. The quantitative estimate of drug-likeness (QED) is 0.777. The Morgan fingerprint density at radius 2 is 2.00 bits per heavy atom. The number of rotatable bonds is 3. The largest absolute Gasteiger partial charge is 0.328 e. The number of hydrogen-bond donors (Lipinski definition) is 0. The molecule has 1 aromatic rings. The summed E-state index contributed by atoms with van der Waals surface area (Å²) in [5, 5.41) is 0. The fourth-order valence-corrected chi connectivity index (χ4v) is 3.59. The molecule has 3 aliphatic rings. The van der Waals surface area contributed by atoms with Crippen molar-refractivity contribution in [2.75, 3.05) is 31.6 Å². The first-order valence-electron chi connectivity index (χ1n) is 7.99. The van der Waals surface area contributed by atoms with Gasteiger partial charge in [-0.3, -0.25) is 9.69 Å². The summed E-state index contributed by atoms with van der Waals surface area (Å²) >= 11 is 0. The average Bonchev–Trinajstić information content (AvgIpc) is 3.16. The van der Waals surface area contributed by atoms with E-state index in [1.54, 1.807) is 18.0 Å². The Morgan fingerprint density at radius 1 is 1.25 bits per heavy atom. The van der Waals surface area contributed by atoms with Crippen molar-refractivity contribution < 1.29 is 9.59 Å². The molecule has 3 aliphatic heterocycles. The van der Waals surface area contributed by atoms with Crippen molar-refractivity contribution in [1.29, 1.82) is 0 Å². The molecule has 0 N–H and O–H groups in total. The van der Waals surface area contributed by atoms with E-state index in [2.05, 4.69) is 11.5 Å². The van der Waals surface area contributed by atoms with Gasteiger partial charge in [0.2, 0.25) is 5.96 Å². The first-order valence-corrected chi connectivity index (χ1v) is 7.99. The molecule has 124 valence electrons. The number of benzene rings is 1. The molecule has 2 saturated heterocycles. The van der Waals surface area contributed by atoms with Gasteiger partial charge in [-0.25, -0.2) is 9.79 Å². The van der Waals surface area contributed by atoms with E-state index in [0.29, 0.717) is 6.54 Å². The van der Waals surface area contributed by atoms with Crippen LogP contribution in [0, 0.1) is 0 Å². The van der Waals surface area contributed by atoms with Gasteiger partial charge < -0.3 is 14.7 Å². The lowest BCUT2D eigenvalue weighted by atomic mass is 10.1. The SMILES string of the molecule is C=CCN1C(=O)C2C(N=C3N(c4ccccc4)CCN32)N(C)C1=O. The lowest BCUT2D eigenvalue weighted by molar-refractivity contribution is -0.136. The minimum absolute atomic E-state index is 0.198. The number of hydrogen-bond acceptors (Lipinski definition) is 5. The van der Waals surface area contributed by atoms with Crippen molar-refractivity contribution in [3.05, 3.63) is 43.0 Å². The normalized spacial score (nSPS) is 25.8. The van der Waals surface area contributed by atoms with Crippen LogP contribution in [0.5, 0.6) is 0 Å². The minimum Gasteiger partial charge on any atom is -0.325 e. The van der Waals surface area contributed by atoms with Crippen LogP contribution in [-0.4, -0.2) is 71.5 Å². The number of amides is 3. The molecular weight excluding hydrogens is 306 g/mol. The van der Waals surface area contributed by atoms with Crippen molar-refractivity contribution in [3.8, 4) is 0 Å². The number of aliphatic imine (C=N–C) groups is 1. The van der Waals surface area contributed by atoms with E-state index in [9.17, 15) is 9.59 Å². The van der Waals surface area contributed by atoms with Gasteiger partial charge in [-0.15, -0.1) is 6.58 Å². The lowest BCUT2D eigenvalue weighted by Gasteiger charge is -2.40. The third kappa shape index (κ3) is 1.94. The molecular formula is C17H19N5O2. The Bertz CT molecular complexity index is 732. The molecule has 0 spiro atoms. The van der Waals surface area contributed by atoms with Crippen LogP contribution >= 0.6 is 0 Å². The average molecular weight is 325 g/mol. The molecule has 0 bridgehead atoms. The number of imide groups is 1. The Balaban J connectivity index is 1.69. The van der Waals surface area contributed by atoms with E-state index < -0.39 is 12.2 Å². The summed E-state index contributed by atoms with van der Waals surface area (Å²) in [6, 6.07) is 9.20. The molecule has 2 unspecified atom stereocenters. The zero-order valence-electron chi connectivity index (χ0n) is 13.5. The Hall–Kier alpha value is -2.83. The third-order valence-corrected chi connectivity index (χ3v) is 4.76. The van der Waals surface area contributed by atoms with Gasteiger partial charge >= 0.3 is 6.03 Å². The molecule has 3 amide bonds. The second kappa shape index (κ2) is 5.36. The second-order valence-corrected chi connectivity index (χ2v) is 6.10. The molecule has 7 heteroatoms. The highest BCUT2D eigenvalue weighted by molar-refractivity contribution is 6.08. The number of carbonyl (C=O) groups excluding carboxylic acids is 2. The molecule has 3 heterocycles. The highest BCUT2D eigenvalue weighted by Crippen LogP contribution is 2.33. The molecule has 0 saturated carbocycles. The maximum absolute atomic E-state index is 12.8. The van der Waals surface area contributed by atoms with Gasteiger partial charge in [0.05, 0.1) is 0 Å². The highest BCUT2D eigenvalue weighted by Gasteiger charge is 2.54. The number of para-hydroxylation sites is 1. The van der Waals surface area contributed by atoms with Crippen molar-refractivity contribution >= 4 is 23.6 Å². The maximum atomic E-state index is 12.8. The van der Waals surface area contributed by atoms with Crippen LogP contribution in [0.4, 0.5) is 10.5 Å². The Labute approximate surface area is 140 Å². The van der Waals surface area contributed by atoms with Crippen LogP contribution in [0.1, 0.15) is 0 Å². The third-order valence-electron chi connectivity index (χ3n) is 4.76. The van der Waals surface area contributed by atoms with Crippen molar-refractivity contribution in [2.24, 2.45) is 4.99 Å². The maximum Gasteiger partial charge on any atom is 0.328 e. The second-order valence-electron chi connectivity index (χ2n) is 6.10. The van der Waals surface area contributed by atoms with Crippen LogP contribution in [0.3, 0.4) is 0 Å². The van der Waals surface area contributed by atoms with E-state index in [4.69, 9.17) is 4.99 Å². The highest BCUT2D eigenvalue weighted by atomic mass is 16.2. The number of urea groups is 1. The fourth-order valence-electron chi connectivity index (χ4n) is 3.59. The van der Waals surface area contributed by atoms with Gasteiger partial charge in [-0.05, 0) is 12.1 Å². The number of carbonyl (C=O) groups is 2. The number of nitrogens with zero attached hydrogens (tertiary/aromatic N) is 5. The summed E-state index contributed by atoms with van der Waals surface area (Å²) in [4.78, 5) is 36.9. The molecule has 2 fully saturated rings. The summed E-state index contributed by atoms with van der Waals surface area (Å²) in [5.74, 6) is 0.571. The van der Waals surface area contributed by atoms with Gasteiger partial charge in [0.25, 0.3) is 5.91 Å². The van der Waals surface area contributed by atoms with Crippen LogP contribution in [0.2, 0.25) is 0 Å². The predicted octanol–water partition coefficient (Wildman–Crippen LogP) is 0.953. The molecule has 0 aliphatic carbocycles. The van der Waals surface area contributed by atoms with E-state index in [1.807, 2.05) is 35.2 Å². The topological polar surface area (TPSA) is 59.5 Å². The van der Waals surface area contributed by atoms with Gasteiger partial charge in [0.1, 0.15) is 0 Å². The minimum atomic E-state index is -0.465. The van der Waals surface area contributed by atoms with Crippen molar-refractivity contribution in [2.45, 2.75) is 12.2 Å². The molecule has 0 radical (unpaired) electrons. The van der Waals surface area contributed by atoms with Gasteiger partial charge in [0.15, 0.2) is 12.2 Å². The zero-order valence-corrected chi connectivity index (χ0v) is 13.5. The van der Waals surface area contributed by atoms with Crippen LogP contribution in [0.15, 0.2) is 48.0 Å². The predicted molar refractivity (Wildman–Crippen MR) is 90.6 cm³/mol. The summed E-state index contributed by atoms with van der Waals surface area (Å²) in [5.41, 5.74) is 1.04. The first-order chi connectivity index (χ1) is 11.6. The van der Waals surface area contributed by atoms with E-state index in [0.717, 1.165) is 18.2 Å². The Kier molecular flexibility index (Phi) is 3.30. The van der Waals surface area contributed by atoms with Crippen molar-refractivity contribution in [1.82, 2.24) is 14.7 Å². The lowest BCUT2D eigenvalue weighted by Crippen LogP contribution is -2.64. The molecule has 1 aromatic carbocycles. The van der Waals surface area contributed by atoms with Crippen LogP contribution < -0.4 is 4.90 Å². The van der Waals surface area contributed by atoms with E-state index in [1.165, 1.54) is 4.90 Å². The van der Waals surface area contributed by atoms with Gasteiger partial charge in [-0.1, -0.05) is 24.3 Å². The number of fused-ring (bicyclic) bond motifs is 3. The summed E-state index contributed by atoms with van der Waals surface area (Å²) < 4.78 is 0. The van der Waals surface area contributed by atoms with Crippen molar-refractivity contribution in [3.63, 3.8) is 0 Å². The van der Waals surface area contributed by atoms with Crippen LogP contribution in [0.25, 0.3) is 0 Å². The monoisotopic (exact) mass is 325 g/mol. The zero-order chi connectivity index (χ0) is 16.8. The fraction of sp³-hybridized carbons (Fsp3) is 0.353. The number of guanidine groups is 1. The Morgan fingerprint density at radius 3 is 2.71 bits per heavy atom. The smallest absolute Gasteiger partial charge is 0.325 e. The van der Waals surface area contributed by atoms with E-state index in [-0.39, 0.29) is 18.5 Å². The standard InChI is InChI=1S/C17H19N5O2/c1-3-9-22-15(23)13-14(19(2)17(22)24)18-16-20(10-11-21(13)16)12-7-5-4-6-8-12/h3-8,13-14H,1,9-11H2,2H3. The first kappa shape index (κ1) is 14.7. The molecule has 7 nitrogen and oxygen atoms in total. The van der Waals surface area contributed by atoms with Gasteiger partial charge in [0, 0.05) is 32.4 Å².